The Morgan fingerprint density at radius 1 is 0.853 bits per heavy atom. The van der Waals surface area contributed by atoms with Gasteiger partial charge in [0.1, 0.15) is 17.6 Å². The van der Waals surface area contributed by atoms with E-state index in [-0.39, 0.29) is 15.9 Å². The number of nitrogens with zero attached hydrogens (tertiary/aromatic N) is 3. The lowest BCUT2D eigenvalue weighted by molar-refractivity contribution is 0.172. The van der Waals surface area contributed by atoms with Crippen molar-refractivity contribution in [1.82, 2.24) is 14.3 Å². The van der Waals surface area contributed by atoms with E-state index in [0.717, 1.165) is 24.6 Å². The van der Waals surface area contributed by atoms with Gasteiger partial charge in [-0.05, 0) is 54.6 Å². The van der Waals surface area contributed by atoms with E-state index < -0.39 is 6.10 Å². The normalized spacial score (nSPS) is 14.0. The van der Waals surface area contributed by atoms with Gasteiger partial charge in [0.15, 0.2) is 0 Å². The molecule has 0 saturated carbocycles. The Morgan fingerprint density at radius 2 is 1.38 bits per heavy atom. The van der Waals surface area contributed by atoms with Crippen molar-refractivity contribution in [3.05, 3.63) is 77.7 Å². The fraction of sp³-hybridized carbons (Fsp3) is 0.346. The fourth-order valence-electron chi connectivity index (χ4n) is 3.63. The van der Waals surface area contributed by atoms with Crippen LogP contribution in [0.15, 0.2) is 60.9 Å². The SMILES string of the molecule is C/C=S(\[C@H](C)[C@@H](O)c1cnc(OC)cn1)N(Cc1ccc(OC)cc1)Cc1ccc(OC)cc1. The Bertz CT molecular complexity index is 1010. The molecule has 2 aromatic carbocycles. The summed E-state index contributed by atoms with van der Waals surface area (Å²) < 4.78 is 18.1. The second-order valence-electron chi connectivity index (χ2n) is 7.71. The zero-order chi connectivity index (χ0) is 24.5. The van der Waals surface area contributed by atoms with E-state index in [1.165, 1.54) is 17.3 Å². The van der Waals surface area contributed by atoms with Crippen LogP contribution in [0.25, 0.3) is 0 Å². The summed E-state index contributed by atoms with van der Waals surface area (Å²) in [5.41, 5.74) is 2.86. The summed E-state index contributed by atoms with van der Waals surface area (Å²) in [6.07, 6.45) is 2.34. The van der Waals surface area contributed by atoms with Gasteiger partial charge in [-0.1, -0.05) is 24.3 Å². The second-order valence-corrected chi connectivity index (χ2v) is 10.1. The van der Waals surface area contributed by atoms with Crippen LogP contribution in [0.5, 0.6) is 17.4 Å². The molecular weight excluding hydrogens is 450 g/mol. The molecule has 3 atom stereocenters. The lowest BCUT2D eigenvalue weighted by Crippen LogP contribution is -2.26. The van der Waals surface area contributed by atoms with E-state index in [2.05, 4.69) is 50.8 Å². The van der Waals surface area contributed by atoms with E-state index in [9.17, 15) is 5.11 Å². The quantitative estimate of drug-likeness (QED) is 0.398. The minimum absolute atomic E-state index is 0.107. The molecule has 3 rings (SSSR count). The van der Waals surface area contributed by atoms with Crippen LogP contribution in [0.4, 0.5) is 0 Å². The summed E-state index contributed by atoms with van der Waals surface area (Å²) in [6.45, 7) is 5.53. The average Bonchev–Trinajstić information content (AvgIpc) is 2.89. The van der Waals surface area contributed by atoms with E-state index in [4.69, 9.17) is 14.2 Å². The molecule has 0 aliphatic heterocycles. The highest BCUT2D eigenvalue weighted by Gasteiger charge is 2.25. The fourth-order valence-corrected chi connectivity index (χ4v) is 5.83. The number of aromatic nitrogens is 2. The second kappa shape index (κ2) is 12.5. The van der Waals surface area contributed by atoms with E-state index >= 15 is 0 Å². The highest BCUT2D eigenvalue weighted by atomic mass is 32.2. The monoisotopic (exact) mass is 483 g/mol. The van der Waals surface area contributed by atoms with Crippen LogP contribution in [0, 0.1) is 0 Å². The summed E-state index contributed by atoms with van der Waals surface area (Å²) in [7, 11) is 4.51. The number of aliphatic hydroxyl groups excluding tert-OH is 1. The average molecular weight is 484 g/mol. The Morgan fingerprint density at radius 3 is 1.76 bits per heavy atom. The Kier molecular flexibility index (Phi) is 9.44. The maximum Gasteiger partial charge on any atom is 0.231 e. The van der Waals surface area contributed by atoms with Crippen molar-refractivity contribution < 1.29 is 19.3 Å². The van der Waals surface area contributed by atoms with Gasteiger partial charge in [0.2, 0.25) is 5.88 Å². The third-order valence-corrected chi connectivity index (χ3v) is 7.92. The first-order valence-corrected chi connectivity index (χ1v) is 12.4. The van der Waals surface area contributed by atoms with Crippen LogP contribution in [-0.4, -0.2) is 51.3 Å². The Hall–Kier alpha value is -2.94. The number of rotatable bonds is 11. The smallest absolute Gasteiger partial charge is 0.231 e. The van der Waals surface area contributed by atoms with Crippen molar-refractivity contribution in [2.24, 2.45) is 0 Å². The predicted octanol–water partition coefficient (Wildman–Crippen LogP) is 4.63. The first kappa shape index (κ1) is 25.7. The van der Waals surface area contributed by atoms with Gasteiger partial charge in [-0.25, -0.2) is 9.29 Å². The number of hydrogen-bond acceptors (Lipinski definition) is 7. The number of ether oxygens (including phenoxy) is 3. The van der Waals surface area contributed by atoms with E-state index in [1.54, 1.807) is 27.5 Å². The van der Waals surface area contributed by atoms with Crippen LogP contribution in [0.2, 0.25) is 0 Å². The predicted molar refractivity (Wildman–Crippen MR) is 138 cm³/mol. The van der Waals surface area contributed by atoms with E-state index in [0.29, 0.717) is 11.6 Å². The van der Waals surface area contributed by atoms with Crippen LogP contribution < -0.4 is 14.2 Å². The summed E-state index contributed by atoms with van der Waals surface area (Å²) >= 11 is 0. The lowest BCUT2D eigenvalue weighted by atomic mass is 10.2. The molecule has 34 heavy (non-hydrogen) atoms. The topological polar surface area (TPSA) is 76.9 Å². The van der Waals surface area contributed by atoms with Crippen LogP contribution in [0.3, 0.4) is 0 Å². The maximum absolute atomic E-state index is 11.2. The zero-order valence-electron chi connectivity index (χ0n) is 20.3. The molecule has 0 amide bonds. The van der Waals surface area contributed by atoms with Gasteiger partial charge < -0.3 is 19.3 Å². The van der Waals surface area contributed by atoms with Crippen molar-refractivity contribution in [2.75, 3.05) is 21.3 Å². The van der Waals surface area contributed by atoms with Gasteiger partial charge in [-0.15, -0.1) is 10.7 Å². The third kappa shape index (κ3) is 6.56. The summed E-state index contributed by atoms with van der Waals surface area (Å²) in [4.78, 5) is 8.57. The number of methoxy groups -OCH3 is 3. The van der Waals surface area contributed by atoms with Crippen molar-refractivity contribution in [2.45, 2.75) is 38.3 Å². The van der Waals surface area contributed by atoms with Gasteiger partial charge in [0, 0.05) is 18.3 Å². The highest BCUT2D eigenvalue weighted by molar-refractivity contribution is 8.13. The molecule has 0 radical (unpaired) electrons. The number of benzene rings is 2. The molecule has 0 aliphatic carbocycles. The first-order chi connectivity index (χ1) is 16.5. The van der Waals surface area contributed by atoms with Gasteiger partial charge in [-0.3, -0.25) is 4.98 Å². The lowest BCUT2D eigenvalue weighted by Gasteiger charge is -2.33. The Balaban J connectivity index is 1.88. The minimum atomic E-state index is -0.771. The van der Waals surface area contributed by atoms with Crippen LogP contribution in [-0.2, 0) is 13.1 Å². The molecule has 0 spiro atoms. The molecule has 182 valence electrons. The first-order valence-electron chi connectivity index (χ1n) is 11.0. The molecule has 1 aromatic heterocycles. The molecule has 0 aliphatic rings. The standard InChI is InChI=1S/C26H33N3O4S/c1-6-34(19(2)26(30)24-15-28-25(33-5)16-27-24)29(17-20-7-11-22(31-3)12-8-20)18-21-9-13-23(32-4)14-10-21/h6-16,19,26,30H,17-18H2,1-5H3/t19-,26-,34?/m1/s1. The Labute approximate surface area is 204 Å². The van der Waals surface area contributed by atoms with Gasteiger partial charge in [0.05, 0.1) is 39.4 Å². The van der Waals surface area contributed by atoms with E-state index in [1.807, 2.05) is 31.2 Å². The van der Waals surface area contributed by atoms with Crippen molar-refractivity contribution >= 4 is 16.0 Å². The number of aliphatic hydroxyl groups is 1. The largest absolute Gasteiger partial charge is 0.497 e. The van der Waals surface area contributed by atoms with Crippen molar-refractivity contribution in [3.63, 3.8) is 0 Å². The molecule has 0 saturated heterocycles. The molecule has 0 fully saturated rings. The molecule has 7 nitrogen and oxygen atoms in total. The number of hydrogen-bond donors (Lipinski definition) is 1. The van der Waals surface area contributed by atoms with Gasteiger partial charge in [0.25, 0.3) is 0 Å². The van der Waals surface area contributed by atoms with Crippen LogP contribution in [0.1, 0.15) is 36.8 Å². The highest BCUT2D eigenvalue weighted by Crippen LogP contribution is 2.36. The summed E-state index contributed by atoms with van der Waals surface area (Å²) in [5, 5.41) is 13.2. The molecular formula is C26H33N3O4S. The van der Waals surface area contributed by atoms with Crippen LogP contribution >= 0.6 is 10.7 Å². The minimum Gasteiger partial charge on any atom is -0.497 e. The molecule has 1 heterocycles. The molecule has 0 bridgehead atoms. The van der Waals surface area contributed by atoms with Gasteiger partial charge >= 0.3 is 0 Å². The van der Waals surface area contributed by atoms with Crippen molar-refractivity contribution in [1.29, 1.82) is 0 Å². The maximum atomic E-state index is 11.2. The zero-order valence-corrected chi connectivity index (χ0v) is 21.2. The molecule has 3 aromatic rings. The van der Waals surface area contributed by atoms with Gasteiger partial charge in [-0.2, -0.15) is 0 Å². The third-order valence-electron chi connectivity index (χ3n) is 5.56. The summed E-state index contributed by atoms with van der Waals surface area (Å²) in [5.74, 6) is 2.08. The summed E-state index contributed by atoms with van der Waals surface area (Å²) in [6, 6.07) is 16.2. The molecule has 1 unspecified atom stereocenters. The molecule has 1 N–H and O–H groups in total. The molecule has 8 heteroatoms. The van der Waals surface area contributed by atoms with Crippen molar-refractivity contribution in [3.8, 4) is 17.4 Å².